The number of ether oxygens (including phenoxy) is 6. The van der Waals surface area contributed by atoms with Gasteiger partial charge < -0.3 is 89.7 Å². The van der Waals surface area contributed by atoms with Gasteiger partial charge in [-0.25, -0.2) is 0 Å². The van der Waals surface area contributed by atoms with Crippen LogP contribution in [0.25, 0.3) is 0 Å². The van der Waals surface area contributed by atoms with Crippen molar-refractivity contribution in [1.82, 2.24) is 0 Å². The summed E-state index contributed by atoms with van der Waals surface area (Å²) in [4.78, 5) is 0. The lowest BCUT2D eigenvalue weighted by Gasteiger charge is -2.71. The van der Waals surface area contributed by atoms with Crippen LogP contribution in [-0.4, -0.2) is 191 Å². The Bertz CT molecular complexity index is 1680. The van der Waals surface area contributed by atoms with E-state index in [0.29, 0.717) is 25.7 Å². The Balaban J connectivity index is 1.13. The maximum absolute atomic E-state index is 12.7. The summed E-state index contributed by atoms with van der Waals surface area (Å²) in [6.07, 6.45) is -15.4. The van der Waals surface area contributed by atoms with Crippen LogP contribution in [0, 0.1) is 45.3 Å². The molecule has 3 saturated heterocycles. The van der Waals surface area contributed by atoms with E-state index in [1.807, 2.05) is 20.8 Å². The summed E-state index contributed by atoms with van der Waals surface area (Å²) >= 11 is 0. The van der Waals surface area contributed by atoms with Crippen molar-refractivity contribution >= 4 is 0 Å². The van der Waals surface area contributed by atoms with Crippen LogP contribution in [0.3, 0.4) is 0 Å². The Morgan fingerprint density at radius 2 is 1.14 bits per heavy atom. The van der Waals surface area contributed by atoms with Crippen LogP contribution in [0.15, 0.2) is 11.6 Å². The van der Waals surface area contributed by atoms with E-state index >= 15 is 0 Å². The highest BCUT2D eigenvalue weighted by Gasteiger charge is 2.72. The molecule has 3 aliphatic heterocycles. The highest BCUT2D eigenvalue weighted by molar-refractivity contribution is 5.20. The molecule has 12 N–H and O–H groups in total. The Morgan fingerprint density at radius 3 is 1.71 bits per heavy atom. The number of hydrogen-bond acceptors (Lipinski definition) is 18. The predicted octanol–water partition coefficient (Wildman–Crippen LogP) is -0.0268. The van der Waals surface area contributed by atoms with Crippen LogP contribution in [0.5, 0.6) is 0 Å². The van der Waals surface area contributed by atoms with E-state index in [4.69, 9.17) is 28.4 Å². The van der Waals surface area contributed by atoms with E-state index in [1.54, 1.807) is 0 Å². The van der Waals surface area contributed by atoms with Gasteiger partial charge in [0.2, 0.25) is 0 Å². The normalized spacial score (nSPS) is 52.4. The second-order valence-corrected chi connectivity index (χ2v) is 22.9. The van der Waals surface area contributed by atoms with Gasteiger partial charge in [0, 0.05) is 0 Å². The van der Waals surface area contributed by atoms with Gasteiger partial charge in [0.05, 0.1) is 37.6 Å². The topological polar surface area (TPSA) is 298 Å². The number of aliphatic hydroxyl groups is 12. The van der Waals surface area contributed by atoms with Crippen LogP contribution >= 0.6 is 0 Å². The number of allylic oxidation sites excluding steroid dienone is 2. The molecule has 7 fully saturated rings. The van der Waals surface area contributed by atoms with Gasteiger partial charge in [0.15, 0.2) is 18.9 Å². The molecule has 18 heteroatoms. The number of rotatable bonds is 13. The minimum Gasteiger partial charge on any atom is -0.394 e. The van der Waals surface area contributed by atoms with E-state index in [1.165, 1.54) is 0 Å². The third kappa shape index (κ3) is 8.79. The molecule has 3 heterocycles. The van der Waals surface area contributed by atoms with Crippen molar-refractivity contribution < 1.29 is 89.7 Å². The van der Waals surface area contributed by atoms with E-state index in [-0.39, 0.29) is 39.9 Å². The number of fused-ring (bicyclic) bond motifs is 5. The van der Waals surface area contributed by atoms with Crippen molar-refractivity contribution in [3.63, 3.8) is 0 Å². The van der Waals surface area contributed by atoms with Gasteiger partial charge in [0.25, 0.3) is 0 Å². The zero-order chi connectivity index (χ0) is 48.6. The van der Waals surface area contributed by atoms with Crippen LogP contribution in [0.1, 0.15) is 113 Å². The molecule has 0 aromatic rings. The lowest BCUT2D eigenvalue weighted by molar-refractivity contribution is -0.378. The first kappa shape index (κ1) is 52.8. The van der Waals surface area contributed by atoms with Gasteiger partial charge in [-0.15, -0.1) is 0 Å². The Morgan fingerprint density at radius 1 is 0.606 bits per heavy atom. The van der Waals surface area contributed by atoms with E-state index in [0.717, 1.165) is 37.7 Å². The van der Waals surface area contributed by atoms with Gasteiger partial charge >= 0.3 is 0 Å². The maximum atomic E-state index is 12.7. The van der Waals surface area contributed by atoms with Gasteiger partial charge in [-0.3, -0.25) is 0 Å². The second-order valence-electron chi connectivity index (χ2n) is 22.9. The Hall–Kier alpha value is -0.980. The maximum Gasteiger partial charge on any atom is 0.187 e. The molecule has 0 bridgehead atoms. The molecule has 382 valence electrons. The quantitative estimate of drug-likeness (QED) is 0.0853. The standard InChI is InChI=1S/C48H82O18/c1-22(2)10-9-14-48(8,66-42-39(60)36(57)33(54)26(20-50)62-42)23-11-16-47(7)31(23)24(52)18-29-45(5)15-13-30(44(3,4)28(45)12-17-46(29,47)6)64-43-40(37(58)34(55)27(21-51)63-43)65-41-38(59)35(56)32(53)25(19-49)61-41/h10,23-43,49-60H,9,11-21H2,1-8H3/t23-,24+,25+,26-,27+,28-,29+,30-,31-,32+,33-,34+,35-,36+,37-,38+,39-,40+,41-,42+,43-,45-,46+,47+,48-/m0/s1. The minimum absolute atomic E-state index is 0.0905. The molecule has 7 aliphatic rings. The molecule has 0 spiro atoms. The Labute approximate surface area is 388 Å². The fourth-order valence-corrected chi connectivity index (χ4v) is 14.9. The molecule has 0 amide bonds. The van der Waals surface area contributed by atoms with Gasteiger partial charge in [-0.05, 0) is 124 Å². The summed E-state index contributed by atoms with van der Waals surface area (Å²) in [5.74, 6) is -0.151. The average molecular weight is 947 g/mol. The summed E-state index contributed by atoms with van der Waals surface area (Å²) in [6.45, 7) is 15.5. The molecule has 25 atom stereocenters. The molecule has 7 rings (SSSR count). The third-order valence-corrected chi connectivity index (χ3v) is 18.8. The fourth-order valence-electron chi connectivity index (χ4n) is 14.9. The molecule has 18 nitrogen and oxygen atoms in total. The molecule has 0 radical (unpaired) electrons. The SMILES string of the molecule is CC(C)=CCC[C@](C)(O[C@H]1O[C@@H](CO)[C@H](O)[C@@H](O)[C@@H]1O)[C@H]1CC[C@]2(C)[C@@H]1[C@H](O)C[C@@H]1[C@@]3(C)CC[C@H](O[C@@H]4O[C@H](CO)[C@@H](O)[C@H](O)[C@H]4O[C@@H]4O[C@H](CO)[C@@H](O)[C@H](O)[C@H]4O)C(C)(C)[C@@H]3CC[C@]12C. The predicted molar refractivity (Wildman–Crippen MR) is 234 cm³/mol. The van der Waals surface area contributed by atoms with E-state index < -0.39 is 135 Å². The zero-order valence-electron chi connectivity index (χ0n) is 40.0. The largest absolute Gasteiger partial charge is 0.394 e. The van der Waals surface area contributed by atoms with Crippen molar-refractivity contribution in [3.05, 3.63) is 11.6 Å². The molecule has 4 saturated carbocycles. The van der Waals surface area contributed by atoms with Crippen molar-refractivity contribution in [2.24, 2.45) is 45.3 Å². The molecular weight excluding hydrogens is 865 g/mol. The first-order chi connectivity index (χ1) is 30.8. The highest BCUT2D eigenvalue weighted by atomic mass is 16.8. The fraction of sp³-hybridized carbons (Fsp3) is 0.958. The minimum atomic E-state index is -1.79. The Kier molecular flexibility index (Phi) is 15.7. The van der Waals surface area contributed by atoms with Gasteiger partial charge in [-0.1, -0.05) is 46.3 Å². The lowest BCUT2D eigenvalue weighted by Crippen LogP contribution is -2.68. The second kappa shape index (κ2) is 19.6. The van der Waals surface area contributed by atoms with Crippen LogP contribution in [0.4, 0.5) is 0 Å². The summed E-state index contributed by atoms with van der Waals surface area (Å²) in [7, 11) is 0. The van der Waals surface area contributed by atoms with Gasteiger partial charge in [-0.2, -0.15) is 0 Å². The monoisotopic (exact) mass is 947 g/mol. The van der Waals surface area contributed by atoms with Crippen molar-refractivity contribution in [1.29, 1.82) is 0 Å². The highest BCUT2D eigenvalue weighted by Crippen LogP contribution is 2.76. The molecule has 0 unspecified atom stereocenters. The first-order valence-corrected chi connectivity index (χ1v) is 24.4. The van der Waals surface area contributed by atoms with Crippen LogP contribution in [-0.2, 0) is 28.4 Å². The molecule has 0 aromatic carbocycles. The molecule has 0 aromatic heterocycles. The first-order valence-electron chi connectivity index (χ1n) is 24.4. The molecular formula is C48H82O18. The van der Waals surface area contributed by atoms with Gasteiger partial charge in [0.1, 0.15) is 73.2 Å². The van der Waals surface area contributed by atoms with Crippen LogP contribution in [0.2, 0.25) is 0 Å². The third-order valence-electron chi connectivity index (χ3n) is 18.8. The summed E-state index contributed by atoms with van der Waals surface area (Å²) < 4.78 is 37.2. The number of aliphatic hydroxyl groups excluding tert-OH is 12. The summed E-state index contributed by atoms with van der Waals surface area (Å²) in [5.41, 5.74) is -1.12. The average Bonchev–Trinajstić information content (AvgIpc) is 3.65. The van der Waals surface area contributed by atoms with E-state index in [2.05, 4.69) is 40.7 Å². The molecule has 66 heavy (non-hydrogen) atoms. The molecule has 4 aliphatic carbocycles. The number of hydrogen-bond donors (Lipinski definition) is 12. The summed E-state index contributed by atoms with van der Waals surface area (Å²) in [5, 5.41) is 129. The lowest BCUT2D eigenvalue weighted by atomic mass is 9.35. The van der Waals surface area contributed by atoms with Crippen molar-refractivity contribution in [2.75, 3.05) is 19.8 Å². The van der Waals surface area contributed by atoms with Crippen molar-refractivity contribution in [3.8, 4) is 0 Å². The smallest absolute Gasteiger partial charge is 0.187 e. The van der Waals surface area contributed by atoms with E-state index in [9.17, 15) is 61.3 Å². The summed E-state index contributed by atoms with van der Waals surface area (Å²) in [6, 6.07) is 0. The van der Waals surface area contributed by atoms with Crippen LogP contribution < -0.4 is 0 Å². The van der Waals surface area contributed by atoms with Crippen molar-refractivity contribution in [2.45, 2.75) is 223 Å². The zero-order valence-corrected chi connectivity index (χ0v) is 40.0.